The molecule has 2 aromatic rings. The van der Waals surface area contributed by atoms with Crippen LogP contribution in [-0.4, -0.2) is 82.8 Å². The van der Waals surface area contributed by atoms with Crippen LogP contribution in [0.15, 0.2) is 30.5 Å². The fourth-order valence-corrected chi connectivity index (χ4v) is 5.79. The average Bonchev–Trinajstić information content (AvgIpc) is 2.97. The molecule has 1 saturated carbocycles. The molecule has 1 aliphatic carbocycles. The zero-order valence-corrected chi connectivity index (χ0v) is 25.1. The topological polar surface area (TPSA) is 150 Å². The van der Waals surface area contributed by atoms with E-state index >= 15 is 0 Å². The molecule has 0 bridgehead atoms. The summed E-state index contributed by atoms with van der Waals surface area (Å²) in [5, 5.41) is 20.7. The minimum absolute atomic E-state index is 0.285. The number of nitriles is 1. The maximum atomic E-state index is 11.1. The van der Waals surface area contributed by atoms with Gasteiger partial charge in [0.1, 0.15) is 11.6 Å². The SMILES string of the molecule is CS(=O)(=O)NCCOCCNC1CCC(Nc2cc(-c3cccc(NCC4(C#N)CCOCC4)n3)c(Cl)cn2)CC1. The van der Waals surface area contributed by atoms with E-state index in [1.54, 1.807) is 6.20 Å². The fourth-order valence-electron chi connectivity index (χ4n) is 5.13. The molecule has 0 atom stereocenters. The number of nitrogens with zero attached hydrogens (tertiary/aromatic N) is 3. The Balaban J connectivity index is 1.24. The van der Waals surface area contributed by atoms with Crippen molar-refractivity contribution in [2.75, 3.05) is 63.0 Å². The molecule has 2 aliphatic rings. The molecule has 11 nitrogen and oxygen atoms in total. The first-order valence-electron chi connectivity index (χ1n) is 14.1. The Morgan fingerprint density at radius 3 is 2.59 bits per heavy atom. The number of pyridine rings is 2. The van der Waals surface area contributed by atoms with Crippen molar-refractivity contribution >= 4 is 33.3 Å². The number of rotatable bonds is 14. The van der Waals surface area contributed by atoms with Gasteiger partial charge < -0.3 is 25.4 Å². The second-order valence-corrected chi connectivity index (χ2v) is 13.0. The van der Waals surface area contributed by atoms with E-state index in [9.17, 15) is 13.7 Å². The van der Waals surface area contributed by atoms with Crippen molar-refractivity contribution in [2.45, 2.75) is 50.6 Å². The second-order valence-electron chi connectivity index (χ2n) is 10.7. The first-order chi connectivity index (χ1) is 19.8. The van der Waals surface area contributed by atoms with Gasteiger partial charge in [-0.3, -0.25) is 0 Å². The van der Waals surface area contributed by atoms with Crippen LogP contribution in [0.5, 0.6) is 0 Å². The maximum absolute atomic E-state index is 11.1. The largest absolute Gasteiger partial charge is 0.381 e. The Morgan fingerprint density at radius 1 is 1.12 bits per heavy atom. The molecule has 0 amide bonds. The fraction of sp³-hybridized carbons (Fsp3) is 0.607. The van der Waals surface area contributed by atoms with Crippen LogP contribution in [0.3, 0.4) is 0 Å². The Hall–Kier alpha value is -2.53. The van der Waals surface area contributed by atoms with Crippen LogP contribution in [0.4, 0.5) is 11.6 Å². The minimum atomic E-state index is -3.17. The van der Waals surface area contributed by atoms with Gasteiger partial charge in [-0.1, -0.05) is 17.7 Å². The van der Waals surface area contributed by atoms with E-state index in [1.165, 1.54) is 0 Å². The highest BCUT2D eigenvalue weighted by atomic mass is 35.5. The summed E-state index contributed by atoms with van der Waals surface area (Å²) in [4.78, 5) is 9.28. The third kappa shape index (κ3) is 10.1. The monoisotopic (exact) mass is 605 g/mol. The van der Waals surface area contributed by atoms with Crippen molar-refractivity contribution in [1.29, 1.82) is 5.26 Å². The van der Waals surface area contributed by atoms with Crippen LogP contribution in [-0.2, 0) is 19.5 Å². The Bertz CT molecular complexity index is 1280. The van der Waals surface area contributed by atoms with E-state index in [1.807, 2.05) is 24.3 Å². The van der Waals surface area contributed by atoms with E-state index < -0.39 is 15.4 Å². The normalized spacial score (nSPS) is 20.7. The molecule has 0 spiro atoms. The third-order valence-corrected chi connectivity index (χ3v) is 8.57. The molecule has 13 heteroatoms. The van der Waals surface area contributed by atoms with Crippen LogP contribution < -0.4 is 20.7 Å². The zero-order chi connectivity index (χ0) is 29.1. The predicted molar refractivity (Wildman–Crippen MR) is 160 cm³/mol. The van der Waals surface area contributed by atoms with Crippen LogP contribution in [0, 0.1) is 16.7 Å². The highest BCUT2D eigenvalue weighted by Crippen LogP contribution is 2.32. The van der Waals surface area contributed by atoms with E-state index in [0.717, 1.165) is 55.6 Å². The summed E-state index contributed by atoms with van der Waals surface area (Å²) in [6.45, 7) is 3.65. The molecular weight excluding hydrogens is 566 g/mol. The quantitative estimate of drug-likeness (QED) is 0.236. The summed E-state index contributed by atoms with van der Waals surface area (Å²) < 4.78 is 35.4. The zero-order valence-electron chi connectivity index (χ0n) is 23.5. The minimum Gasteiger partial charge on any atom is -0.381 e. The molecule has 41 heavy (non-hydrogen) atoms. The van der Waals surface area contributed by atoms with Crippen molar-refractivity contribution < 1.29 is 17.9 Å². The molecule has 2 aromatic heterocycles. The van der Waals surface area contributed by atoms with Gasteiger partial charge in [0.15, 0.2) is 0 Å². The number of anilines is 2. The van der Waals surface area contributed by atoms with Gasteiger partial charge in [0.05, 0.1) is 41.7 Å². The van der Waals surface area contributed by atoms with Gasteiger partial charge in [0.2, 0.25) is 10.0 Å². The van der Waals surface area contributed by atoms with Crippen LogP contribution in [0.25, 0.3) is 11.3 Å². The maximum Gasteiger partial charge on any atom is 0.208 e. The Labute approximate surface area is 247 Å². The van der Waals surface area contributed by atoms with E-state index in [4.69, 9.17) is 26.1 Å². The van der Waals surface area contributed by atoms with E-state index in [-0.39, 0.29) is 6.54 Å². The molecule has 3 heterocycles. The van der Waals surface area contributed by atoms with Crippen molar-refractivity contribution in [2.24, 2.45) is 5.41 Å². The van der Waals surface area contributed by atoms with Gasteiger partial charge in [0, 0.05) is 56.7 Å². The molecule has 4 N–H and O–H groups in total. The highest BCUT2D eigenvalue weighted by Gasteiger charge is 2.32. The highest BCUT2D eigenvalue weighted by molar-refractivity contribution is 7.88. The molecule has 1 saturated heterocycles. The van der Waals surface area contributed by atoms with E-state index in [0.29, 0.717) is 68.7 Å². The number of nitrogens with one attached hydrogen (secondary N) is 4. The first-order valence-corrected chi connectivity index (χ1v) is 16.4. The van der Waals surface area contributed by atoms with Gasteiger partial charge >= 0.3 is 0 Å². The Morgan fingerprint density at radius 2 is 1.85 bits per heavy atom. The Kier molecular flexibility index (Phi) is 11.6. The lowest BCUT2D eigenvalue weighted by atomic mass is 9.82. The van der Waals surface area contributed by atoms with Crippen LogP contribution >= 0.6 is 11.6 Å². The number of hydrogen-bond acceptors (Lipinski definition) is 10. The van der Waals surface area contributed by atoms with Gasteiger partial charge in [-0.15, -0.1) is 0 Å². The first kappa shape index (κ1) is 31.4. The van der Waals surface area contributed by atoms with Gasteiger partial charge in [-0.2, -0.15) is 5.26 Å². The van der Waals surface area contributed by atoms with Crippen molar-refractivity contribution in [1.82, 2.24) is 20.0 Å². The lowest BCUT2D eigenvalue weighted by molar-refractivity contribution is 0.0455. The summed E-state index contributed by atoms with van der Waals surface area (Å²) in [6.07, 6.45) is 8.32. The summed E-state index contributed by atoms with van der Waals surface area (Å²) in [7, 11) is -3.17. The third-order valence-electron chi connectivity index (χ3n) is 7.54. The van der Waals surface area contributed by atoms with Crippen LogP contribution in [0.1, 0.15) is 38.5 Å². The lowest BCUT2D eigenvalue weighted by Crippen LogP contribution is -2.38. The average molecular weight is 606 g/mol. The number of hydrogen-bond donors (Lipinski definition) is 4. The molecule has 2 fully saturated rings. The van der Waals surface area contributed by atoms with E-state index in [2.05, 4.69) is 31.7 Å². The molecule has 1 aliphatic heterocycles. The number of ether oxygens (including phenoxy) is 2. The predicted octanol–water partition coefficient (Wildman–Crippen LogP) is 3.41. The van der Waals surface area contributed by atoms with Gasteiger partial charge in [-0.25, -0.2) is 23.1 Å². The standard InChI is InChI=1S/C28H40ClN7O4S/c1-41(37,38)34-12-16-40-15-11-31-21-5-7-22(8-6-21)35-27-17-23(24(29)18-32-27)25-3-2-4-26(36-25)33-20-28(19-30)9-13-39-14-10-28/h2-4,17-18,21-22,31,34H,5-16,20H2,1H3,(H,32,35)(H,33,36). The van der Waals surface area contributed by atoms with Crippen molar-refractivity contribution in [3.63, 3.8) is 0 Å². The van der Waals surface area contributed by atoms with Crippen LogP contribution in [0.2, 0.25) is 5.02 Å². The molecule has 0 aromatic carbocycles. The molecule has 4 rings (SSSR count). The molecular formula is C28H40ClN7O4S. The summed E-state index contributed by atoms with van der Waals surface area (Å²) >= 11 is 6.54. The smallest absolute Gasteiger partial charge is 0.208 e. The molecule has 0 radical (unpaired) electrons. The molecule has 224 valence electrons. The summed E-state index contributed by atoms with van der Waals surface area (Å²) in [5.41, 5.74) is 1.10. The summed E-state index contributed by atoms with van der Waals surface area (Å²) in [5.74, 6) is 1.47. The number of halogens is 1. The second kappa shape index (κ2) is 15.1. The molecule has 0 unspecified atom stereocenters. The van der Waals surface area contributed by atoms with Gasteiger partial charge in [-0.05, 0) is 56.7 Å². The summed E-state index contributed by atoms with van der Waals surface area (Å²) in [6, 6.07) is 10.9. The van der Waals surface area contributed by atoms with Gasteiger partial charge in [0.25, 0.3) is 0 Å². The van der Waals surface area contributed by atoms with Crippen molar-refractivity contribution in [3.05, 3.63) is 35.5 Å². The number of sulfonamides is 1. The number of aromatic nitrogens is 2. The lowest BCUT2D eigenvalue weighted by Gasteiger charge is -2.30. The van der Waals surface area contributed by atoms with Crippen molar-refractivity contribution in [3.8, 4) is 17.3 Å².